The van der Waals surface area contributed by atoms with Gasteiger partial charge in [0.05, 0.1) is 11.9 Å². The Morgan fingerprint density at radius 2 is 2.17 bits per heavy atom. The highest BCUT2D eigenvalue weighted by atomic mass is 32.1. The average Bonchev–Trinajstić information content (AvgIpc) is 3.27. The van der Waals surface area contributed by atoms with E-state index in [9.17, 15) is 4.79 Å². The van der Waals surface area contributed by atoms with Gasteiger partial charge in [0.1, 0.15) is 11.3 Å². The molecule has 0 unspecified atom stereocenters. The van der Waals surface area contributed by atoms with Crippen molar-refractivity contribution in [2.24, 2.45) is 0 Å². The number of imidazole rings is 1. The van der Waals surface area contributed by atoms with Crippen LogP contribution in [0.25, 0.3) is 27.2 Å². The lowest BCUT2D eigenvalue weighted by atomic mass is 10.1. The number of ether oxygens (including phenoxy) is 1. The van der Waals surface area contributed by atoms with Gasteiger partial charge in [-0.3, -0.25) is 4.98 Å². The first-order valence-electron chi connectivity index (χ1n) is 9.21. The molecule has 8 heteroatoms. The van der Waals surface area contributed by atoms with E-state index >= 15 is 0 Å². The number of pyridine rings is 1. The third-order valence-electron chi connectivity index (χ3n) is 4.51. The summed E-state index contributed by atoms with van der Waals surface area (Å²) < 4.78 is 12.9. The third-order valence-corrected chi connectivity index (χ3v) is 5.31. The minimum atomic E-state index is -0.353. The number of fused-ring (bicyclic) bond motifs is 2. The summed E-state index contributed by atoms with van der Waals surface area (Å²) in [6.07, 6.45) is 7.11. The predicted molar refractivity (Wildman–Crippen MR) is 111 cm³/mol. The molecule has 4 aromatic heterocycles. The Kier molecular flexibility index (Phi) is 4.33. The molecule has 0 atom stereocenters. The lowest BCUT2D eigenvalue weighted by Crippen LogP contribution is -2.00. The normalized spacial score (nSPS) is 11.3. The zero-order valence-electron chi connectivity index (χ0n) is 15.5. The lowest BCUT2D eigenvalue weighted by molar-refractivity contribution is 0.468. The van der Waals surface area contributed by atoms with Crippen molar-refractivity contribution in [1.82, 2.24) is 19.6 Å². The molecule has 0 spiro atoms. The Labute approximate surface area is 169 Å². The summed E-state index contributed by atoms with van der Waals surface area (Å²) in [5, 5.41) is 5.82. The molecule has 0 amide bonds. The van der Waals surface area contributed by atoms with Crippen LogP contribution in [-0.4, -0.2) is 19.6 Å². The number of hydrogen-bond donors (Lipinski definition) is 0. The predicted octanol–water partition coefficient (Wildman–Crippen LogP) is 4.70. The molecular formula is C21H16N4O3S. The Balaban J connectivity index is 1.45. The van der Waals surface area contributed by atoms with Gasteiger partial charge in [-0.25, -0.2) is 14.3 Å². The maximum atomic E-state index is 11.8. The van der Waals surface area contributed by atoms with E-state index in [4.69, 9.17) is 9.15 Å². The maximum Gasteiger partial charge on any atom is 0.336 e. The van der Waals surface area contributed by atoms with Gasteiger partial charge in [-0.05, 0) is 47.6 Å². The van der Waals surface area contributed by atoms with Gasteiger partial charge in [0.25, 0.3) is 5.19 Å². The zero-order valence-corrected chi connectivity index (χ0v) is 16.3. The molecule has 0 saturated carbocycles. The van der Waals surface area contributed by atoms with Gasteiger partial charge < -0.3 is 9.15 Å². The van der Waals surface area contributed by atoms with Crippen LogP contribution in [0.4, 0.5) is 0 Å². The summed E-state index contributed by atoms with van der Waals surface area (Å²) in [7, 11) is 0. The van der Waals surface area contributed by atoms with E-state index in [2.05, 4.69) is 22.0 Å². The summed E-state index contributed by atoms with van der Waals surface area (Å²) in [6, 6.07) is 10.9. The largest absolute Gasteiger partial charge is 0.430 e. The molecule has 29 heavy (non-hydrogen) atoms. The van der Waals surface area contributed by atoms with E-state index < -0.39 is 0 Å². The van der Waals surface area contributed by atoms with Gasteiger partial charge >= 0.3 is 5.63 Å². The van der Waals surface area contributed by atoms with Crippen molar-refractivity contribution in [2.75, 3.05) is 0 Å². The molecule has 7 nitrogen and oxygen atoms in total. The fourth-order valence-electron chi connectivity index (χ4n) is 3.23. The minimum Gasteiger partial charge on any atom is -0.430 e. The molecule has 0 bridgehead atoms. The lowest BCUT2D eigenvalue weighted by Gasteiger charge is -2.06. The van der Waals surface area contributed by atoms with E-state index in [1.54, 1.807) is 29.0 Å². The fraction of sp³-hybridized carbons (Fsp3) is 0.143. The van der Waals surface area contributed by atoms with Crippen molar-refractivity contribution in [1.29, 1.82) is 0 Å². The Morgan fingerprint density at radius 1 is 1.24 bits per heavy atom. The van der Waals surface area contributed by atoms with Crippen LogP contribution in [0.15, 0.2) is 64.2 Å². The monoisotopic (exact) mass is 404 g/mol. The quantitative estimate of drug-likeness (QED) is 0.395. The minimum absolute atomic E-state index is 0.353. The van der Waals surface area contributed by atoms with Crippen LogP contribution in [0.2, 0.25) is 0 Å². The SMILES string of the molecule is CCCc1cc(=O)oc2cc(Oc3nn4cc(-c5cccnc5)nc4s3)ccc12. The smallest absolute Gasteiger partial charge is 0.336 e. The molecule has 0 N–H and O–H groups in total. The van der Waals surface area contributed by atoms with Crippen LogP contribution < -0.4 is 10.4 Å². The summed E-state index contributed by atoms with van der Waals surface area (Å²) in [5.74, 6) is 0.554. The van der Waals surface area contributed by atoms with E-state index in [0.29, 0.717) is 16.5 Å². The molecule has 5 aromatic rings. The first-order valence-corrected chi connectivity index (χ1v) is 10.0. The molecule has 4 heterocycles. The number of aromatic nitrogens is 4. The molecule has 0 radical (unpaired) electrons. The molecule has 0 fully saturated rings. The van der Waals surface area contributed by atoms with Crippen LogP contribution in [-0.2, 0) is 6.42 Å². The standard InChI is InChI=1S/C21H16N4O3S/c1-2-4-13-9-19(26)28-18-10-15(6-7-16(13)18)27-21-24-25-12-17(23-20(25)29-21)14-5-3-8-22-11-14/h3,5-12H,2,4H2,1H3. The summed E-state index contributed by atoms with van der Waals surface area (Å²) >= 11 is 1.33. The van der Waals surface area contributed by atoms with Gasteiger partial charge in [-0.15, -0.1) is 5.10 Å². The van der Waals surface area contributed by atoms with E-state index in [1.165, 1.54) is 11.3 Å². The highest BCUT2D eigenvalue weighted by Gasteiger charge is 2.12. The Hall–Kier alpha value is -3.52. The second-order valence-corrected chi connectivity index (χ2v) is 7.48. The molecule has 5 rings (SSSR count). The van der Waals surface area contributed by atoms with Gasteiger partial charge in [0.15, 0.2) is 0 Å². The number of hydrogen-bond acceptors (Lipinski definition) is 7. The van der Waals surface area contributed by atoms with Crippen molar-refractivity contribution in [3.63, 3.8) is 0 Å². The zero-order chi connectivity index (χ0) is 19.8. The number of aryl methyl sites for hydroxylation is 1. The number of nitrogens with zero attached hydrogens (tertiary/aromatic N) is 4. The van der Waals surface area contributed by atoms with Crippen molar-refractivity contribution >= 4 is 27.3 Å². The second kappa shape index (κ2) is 7.14. The van der Waals surface area contributed by atoms with Crippen LogP contribution in [0.1, 0.15) is 18.9 Å². The van der Waals surface area contributed by atoms with Gasteiger partial charge in [0.2, 0.25) is 4.96 Å². The van der Waals surface area contributed by atoms with Crippen LogP contribution in [0.3, 0.4) is 0 Å². The molecule has 144 valence electrons. The van der Waals surface area contributed by atoms with Crippen molar-refractivity contribution in [2.45, 2.75) is 19.8 Å². The highest BCUT2D eigenvalue weighted by Crippen LogP contribution is 2.31. The van der Waals surface area contributed by atoms with Crippen molar-refractivity contribution < 1.29 is 9.15 Å². The third kappa shape index (κ3) is 3.38. The summed E-state index contributed by atoms with van der Waals surface area (Å²) in [5.41, 5.74) is 2.88. The molecule has 0 saturated heterocycles. The first kappa shape index (κ1) is 17.6. The molecule has 0 aliphatic heterocycles. The molecule has 1 aromatic carbocycles. The number of rotatable bonds is 5. The summed E-state index contributed by atoms with van der Waals surface area (Å²) in [6.45, 7) is 2.08. The molecule has 0 aliphatic carbocycles. The second-order valence-electron chi connectivity index (χ2n) is 6.56. The van der Waals surface area contributed by atoms with Gasteiger partial charge in [-0.1, -0.05) is 13.3 Å². The van der Waals surface area contributed by atoms with Gasteiger partial charge in [0, 0.05) is 35.5 Å². The fourth-order valence-corrected chi connectivity index (χ4v) is 3.98. The maximum absolute atomic E-state index is 11.8. The van der Waals surface area contributed by atoms with E-state index in [1.807, 2.05) is 30.5 Å². The van der Waals surface area contributed by atoms with Crippen LogP contribution in [0, 0.1) is 0 Å². The first-order chi connectivity index (χ1) is 14.2. The van der Waals surface area contributed by atoms with Crippen LogP contribution >= 0.6 is 11.3 Å². The van der Waals surface area contributed by atoms with E-state index in [-0.39, 0.29) is 5.63 Å². The Morgan fingerprint density at radius 3 is 2.97 bits per heavy atom. The average molecular weight is 404 g/mol. The van der Waals surface area contributed by atoms with E-state index in [0.717, 1.165) is 40.0 Å². The Bertz CT molecular complexity index is 1340. The highest BCUT2D eigenvalue weighted by molar-refractivity contribution is 7.18. The van der Waals surface area contributed by atoms with Crippen LogP contribution in [0.5, 0.6) is 10.9 Å². The van der Waals surface area contributed by atoms with Crippen molar-refractivity contribution in [3.8, 4) is 22.2 Å². The summed E-state index contributed by atoms with van der Waals surface area (Å²) in [4.78, 5) is 21.3. The number of benzene rings is 1. The molecule has 0 aliphatic rings. The van der Waals surface area contributed by atoms with Crippen molar-refractivity contribution in [3.05, 3.63) is 71.0 Å². The molecular weight excluding hydrogens is 388 g/mol. The van der Waals surface area contributed by atoms with Gasteiger partial charge in [-0.2, -0.15) is 0 Å². The topological polar surface area (TPSA) is 82.5 Å².